The van der Waals surface area contributed by atoms with Gasteiger partial charge in [-0.1, -0.05) is 17.7 Å². The van der Waals surface area contributed by atoms with Gasteiger partial charge in [0.1, 0.15) is 5.82 Å². The highest BCUT2D eigenvalue weighted by Gasteiger charge is 2.29. The van der Waals surface area contributed by atoms with Gasteiger partial charge in [0, 0.05) is 31.1 Å². The van der Waals surface area contributed by atoms with E-state index in [1.807, 2.05) is 30.5 Å². The molecule has 3 nitrogen and oxygen atoms in total. The van der Waals surface area contributed by atoms with Gasteiger partial charge >= 0.3 is 0 Å². The summed E-state index contributed by atoms with van der Waals surface area (Å²) in [6.45, 7) is 1.81. The van der Waals surface area contributed by atoms with Crippen molar-refractivity contribution in [2.75, 3.05) is 12.4 Å². The fourth-order valence-electron chi connectivity index (χ4n) is 2.28. The number of aromatic nitrogens is 1. The van der Waals surface area contributed by atoms with Crippen LogP contribution in [0.1, 0.15) is 23.4 Å². The molecule has 0 radical (unpaired) electrons. The van der Waals surface area contributed by atoms with Gasteiger partial charge in [0.05, 0.1) is 10.7 Å². The highest BCUT2D eigenvalue weighted by molar-refractivity contribution is 7.09. The lowest BCUT2D eigenvalue weighted by atomic mass is 10.3. The van der Waals surface area contributed by atoms with E-state index in [0.717, 1.165) is 29.6 Å². The third kappa shape index (κ3) is 3.32. The summed E-state index contributed by atoms with van der Waals surface area (Å²) >= 11 is 8.10. The third-order valence-corrected chi connectivity index (χ3v) is 4.74. The van der Waals surface area contributed by atoms with E-state index in [2.05, 4.69) is 32.7 Å². The molecule has 1 saturated carbocycles. The first-order valence-corrected chi connectivity index (χ1v) is 8.11. The number of pyridine rings is 1. The standard InChI is InChI=1S/C15H18ClN3S/c1-17-15-7-6-13(16)14(18-15)10-19(11-4-5-11)9-12-3-2-8-20-12/h2-3,6-8,11H,4-5,9-10H2,1H3,(H,17,18). The molecular weight excluding hydrogens is 290 g/mol. The van der Waals surface area contributed by atoms with Crippen molar-refractivity contribution in [3.63, 3.8) is 0 Å². The summed E-state index contributed by atoms with van der Waals surface area (Å²) in [7, 11) is 1.88. The van der Waals surface area contributed by atoms with Crippen LogP contribution in [0, 0.1) is 0 Å². The van der Waals surface area contributed by atoms with Crippen molar-refractivity contribution in [3.8, 4) is 0 Å². The molecule has 2 aromatic rings. The molecule has 0 aliphatic heterocycles. The van der Waals surface area contributed by atoms with Crippen LogP contribution in [-0.4, -0.2) is 23.0 Å². The van der Waals surface area contributed by atoms with E-state index >= 15 is 0 Å². The maximum atomic E-state index is 6.29. The van der Waals surface area contributed by atoms with Gasteiger partial charge in [0.15, 0.2) is 0 Å². The van der Waals surface area contributed by atoms with Crippen LogP contribution in [0.4, 0.5) is 5.82 Å². The minimum atomic E-state index is 0.688. The number of thiophene rings is 1. The molecule has 0 spiro atoms. The van der Waals surface area contributed by atoms with Crippen molar-refractivity contribution in [1.82, 2.24) is 9.88 Å². The Balaban J connectivity index is 1.76. The Bertz CT molecular complexity index is 567. The predicted molar refractivity (Wildman–Crippen MR) is 85.4 cm³/mol. The van der Waals surface area contributed by atoms with Gasteiger partial charge in [-0.25, -0.2) is 4.98 Å². The molecule has 3 rings (SSSR count). The third-order valence-electron chi connectivity index (χ3n) is 3.53. The second-order valence-electron chi connectivity index (χ2n) is 5.09. The van der Waals surface area contributed by atoms with Crippen LogP contribution < -0.4 is 5.32 Å². The molecule has 0 bridgehead atoms. The summed E-state index contributed by atoms with van der Waals surface area (Å²) in [5.41, 5.74) is 0.960. The second-order valence-corrected chi connectivity index (χ2v) is 6.53. The zero-order valence-electron chi connectivity index (χ0n) is 11.5. The van der Waals surface area contributed by atoms with E-state index in [-0.39, 0.29) is 0 Å². The van der Waals surface area contributed by atoms with Crippen molar-refractivity contribution in [2.45, 2.75) is 32.0 Å². The number of nitrogens with one attached hydrogen (secondary N) is 1. The Morgan fingerprint density at radius 3 is 2.85 bits per heavy atom. The number of anilines is 1. The smallest absolute Gasteiger partial charge is 0.126 e. The van der Waals surface area contributed by atoms with Crippen molar-refractivity contribution in [2.24, 2.45) is 0 Å². The number of hydrogen-bond acceptors (Lipinski definition) is 4. The van der Waals surface area contributed by atoms with Gasteiger partial charge in [0.25, 0.3) is 0 Å². The van der Waals surface area contributed by atoms with Gasteiger partial charge in [0.2, 0.25) is 0 Å². The molecular formula is C15H18ClN3S. The number of hydrogen-bond donors (Lipinski definition) is 1. The molecule has 0 saturated heterocycles. The number of rotatable bonds is 6. The summed E-state index contributed by atoms with van der Waals surface area (Å²) in [5.74, 6) is 0.872. The first-order chi connectivity index (χ1) is 9.76. The Kier molecular flexibility index (Phi) is 4.24. The number of halogens is 1. The van der Waals surface area contributed by atoms with Gasteiger partial charge < -0.3 is 5.32 Å². The van der Waals surface area contributed by atoms with Crippen molar-refractivity contribution < 1.29 is 0 Å². The normalized spacial score (nSPS) is 14.8. The average Bonchev–Trinajstić information content (AvgIpc) is 3.18. The van der Waals surface area contributed by atoms with Crippen LogP contribution >= 0.6 is 22.9 Å². The summed E-state index contributed by atoms with van der Waals surface area (Å²) in [6.07, 6.45) is 2.57. The molecule has 1 aliphatic rings. The predicted octanol–water partition coefficient (Wildman–Crippen LogP) is 4.00. The minimum Gasteiger partial charge on any atom is -0.373 e. The van der Waals surface area contributed by atoms with E-state index in [9.17, 15) is 0 Å². The van der Waals surface area contributed by atoms with E-state index in [1.54, 1.807) is 0 Å². The maximum absolute atomic E-state index is 6.29. The highest BCUT2D eigenvalue weighted by atomic mass is 35.5. The van der Waals surface area contributed by atoms with Crippen LogP contribution in [0.5, 0.6) is 0 Å². The first kappa shape index (κ1) is 13.9. The SMILES string of the molecule is CNc1ccc(Cl)c(CN(Cc2cccs2)C2CC2)n1. The van der Waals surface area contributed by atoms with E-state index < -0.39 is 0 Å². The Hall–Kier alpha value is -1.10. The lowest BCUT2D eigenvalue weighted by Gasteiger charge is -2.21. The van der Waals surface area contributed by atoms with Gasteiger partial charge in [-0.2, -0.15) is 0 Å². The molecule has 2 aromatic heterocycles. The Labute approximate surface area is 128 Å². The molecule has 20 heavy (non-hydrogen) atoms. The van der Waals surface area contributed by atoms with Crippen LogP contribution in [0.3, 0.4) is 0 Å². The van der Waals surface area contributed by atoms with Gasteiger partial charge in [-0.15, -0.1) is 11.3 Å². The van der Waals surface area contributed by atoms with Crippen molar-refractivity contribution in [3.05, 3.63) is 45.2 Å². The van der Waals surface area contributed by atoms with E-state index in [1.165, 1.54) is 17.7 Å². The molecule has 0 aromatic carbocycles. The summed E-state index contributed by atoms with van der Waals surface area (Å²) in [5, 5.41) is 5.96. The molecule has 1 fully saturated rings. The summed E-state index contributed by atoms with van der Waals surface area (Å²) in [4.78, 5) is 8.48. The lowest BCUT2D eigenvalue weighted by molar-refractivity contribution is 0.245. The molecule has 0 amide bonds. The molecule has 106 valence electrons. The van der Waals surface area contributed by atoms with Crippen molar-refractivity contribution in [1.29, 1.82) is 0 Å². The van der Waals surface area contributed by atoms with Crippen molar-refractivity contribution >= 4 is 28.8 Å². The quantitative estimate of drug-likeness (QED) is 0.874. The Morgan fingerprint density at radius 2 is 2.20 bits per heavy atom. The van der Waals surface area contributed by atoms with E-state index in [4.69, 9.17) is 11.6 Å². The minimum absolute atomic E-state index is 0.688. The lowest BCUT2D eigenvalue weighted by Crippen LogP contribution is -2.25. The molecule has 0 unspecified atom stereocenters. The fourth-order valence-corrected chi connectivity index (χ4v) is 3.18. The van der Waals surface area contributed by atoms with Crippen LogP contribution in [0.25, 0.3) is 0 Å². The molecule has 1 N–H and O–H groups in total. The van der Waals surface area contributed by atoms with Crippen LogP contribution in [0.15, 0.2) is 29.6 Å². The van der Waals surface area contributed by atoms with Crippen LogP contribution in [-0.2, 0) is 13.1 Å². The molecule has 0 atom stereocenters. The topological polar surface area (TPSA) is 28.2 Å². The molecule has 1 aliphatic carbocycles. The zero-order valence-corrected chi connectivity index (χ0v) is 13.0. The summed E-state index contributed by atoms with van der Waals surface area (Å²) in [6, 6.07) is 8.82. The van der Waals surface area contributed by atoms with E-state index in [0.29, 0.717) is 6.04 Å². The first-order valence-electron chi connectivity index (χ1n) is 6.86. The monoisotopic (exact) mass is 307 g/mol. The van der Waals surface area contributed by atoms with Gasteiger partial charge in [-0.05, 0) is 36.4 Å². The average molecular weight is 308 g/mol. The largest absolute Gasteiger partial charge is 0.373 e. The summed E-state index contributed by atoms with van der Waals surface area (Å²) < 4.78 is 0. The highest BCUT2D eigenvalue weighted by Crippen LogP contribution is 2.31. The fraction of sp³-hybridized carbons (Fsp3) is 0.400. The second kappa shape index (κ2) is 6.12. The maximum Gasteiger partial charge on any atom is 0.126 e. The number of nitrogens with zero attached hydrogens (tertiary/aromatic N) is 2. The molecule has 2 heterocycles. The van der Waals surface area contributed by atoms with Gasteiger partial charge in [-0.3, -0.25) is 4.90 Å². The zero-order chi connectivity index (χ0) is 13.9. The Morgan fingerprint density at radius 1 is 1.35 bits per heavy atom. The molecule has 5 heteroatoms. The van der Waals surface area contributed by atoms with Crippen LogP contribution in [0.2, 0.25) is 5.02 Å².